The van der Waals surface area contributed by atoms with Crippen molar-refractivity contribution in [1.82, 2.24) is 5.32 Å². The van der Waals surface area contributed by atoms with Crippen LogP contribution in [0.2, 0.25) is 0 Å². The molecule has 3 aliphatic rings. The van der Waals surface area contributed by atoms with Gasteiger partial charge in [-0.3, -0.25) is 9.59 Å². The van der Waals surface area contributed by atoms with Gasteiger partial charge in [0.1, 0.15) is 5.41 Å². The Kier molecular flexibility index (Phi) is 5.92. The minimum atomic E-state index is -1.19. The van der Waals surface area contributed by atoms with Crippen LogP contribution in [0.5, 0.6) is 0 Å². The molecule has 5 heteroatoms. The van der Waals surface area contributed by atoms with Crippen LogP contribution in [0.1, 0.15) is 52.9 Å². The molecule has 27 heavy (non-hydrogen) atoms. The van der Waals surface area contributed by atoms with Gasteiger partial charge in [-0.15, -0.1) is 0 Å². The molecule has 1 fully saturated rings. The molecule has 1 spiro atoms. The zero-order valence-electron chi connectivity index (χ0n) is 16.6. The molecular formula is C22H33NO4. The maximum absolute atomic E-state index is 13.5. The minimum absolute atomic E-state index is 0.000681. The maximum atomic E-state index is 13.5. The Morgan fingerprint density at radius 3 is 2.56 bits per heavy atom. The molecule has 150 valence electrons. The summed E-state index contributed by atoms with van der Waals surface area (Å²) < 4.78 is 0. The Morgan fingerprint density at radius 1 is 1.15 bits per heavy atom. The number of hydrogen-bond acceptors (Lipinski definition) is 4. The lowest BCUT2D eigenvalue weighted by Gasteiger charge is -2.43. The van der Waals surface area contributed by atoms with Crippen molar-refractivity contribution in [2.24, 2.45) is 29.1 Å². The summed E-state index contributed by atoms with van der Waals surface area (Å²) >= 11 is 0. The highest BCUT2D eigenvalue weighted by Gasteiger charge is 2.64. The Morgan fingerprint density at radius 2 is 1.85 bits per heavy atom. The molecule has 0 bridgehead atoms. The summed E-state index contributed by atoms with van der Waals surface area (Å²) in [6.07, 6.45) is 8.70. The highest BCUT2D eigenvalue weighted by atomic mass is 16.3. The largest absolute Gasteiger partial charge is 0.393 e. The second-order valence-electron chi connectivity index (χ2n) is 9.04. The Bertz CT molecular complexity index is 640. The number of amides is 1. The molecule has 0 aromatic heterocycles. The number of carbonyl (C=O) groups excluding carboxylic acids is 2. The molecule has 1 amide bonds. The van der Waals surface area contributed by atoms with Crippen LogP contribution in [0, 0.1) is 29.1 Å². The van der Waals surface area contributed by atoms with E-state index in [0.29, 0.717) is 25.2 Å². The third-order valence-corrected chi connectivity index (χ3v) is 6.55. The first kappa shape index (κ1) is 20.3. The van der Waals surface area contributed by atoms with E-state index in [-0.39, 0.29) is 41.9 Å². The van der Waals surface area contributed by atoms with Crippen molar-refractivity contribution in [2.75, 3.05) is 0 Å². The van der Waals surface area contributed by atoms with E-state index in [2.05, 4.69) is 32.2 Å². The predicted molar refractivity (Wildman–Crippen MR) is 104 cm³/mol. The van der Waals surface area contributed by atoms with E-state index in [1.165, 1.54) is 0 Å². The quantitative estimate of drug-likeness (QED) is 0.511. The lowest BCUT2D eigenvalue weighted by atomic mass is 9.56. The zero-order valence-corrected chi connectivity index (χ0v) is 16.6. The molecule has 0 unspecified atom stereocenters. The molecule has 1 aliphatic heterocycles. The Labute approximate surface area is 161 Å². The summed E-state index contributed by atoms with van der Waals surface area (Å²) in [6, 6.07) is -0.0514. The van der Waals surface area contributed by atoms with E-state index >= 15 is 0 Å². The van der Waals surface area contributed by atoms with Crippen molar-refractivity contribution in [3.05, 3.63) is 24.3 Å². The van der Waals surface area contributed by atoms with Crippen LogP contribution < -0.4 is 5.32 Å². The van der Waals surface area contributed by atoms with Crippen molar-refractivity contribution < 1.29 is 19.8 Å². The third kappa shape index (κ3) is 3.64. The molecule has 1 saturated heterocycles. The molecule has 0 radical (unpaired) electrons. The van der Waals surface area contributed by atoms with Gasteiger partial charge in [0.05, 0.1) is 12.2 Å². The standard InChI is InChI=1S/C22H33NO4/c1-13(2)11-18-20-14(3)7-8-15-9-10-16(24)5-4-6-17(25)12-19(26)22(15,20)21(27)23-18/h7-10,13-18,20,24-25H,4-6,11-12H2,1-3H3,(H,23,27)/t14-,15-,16+,17+,18+,20+,22-/m1/s1. The minimum Gasteiger partial charge on any atom is -0.393 e. The van der Waals surface area contributed by atoms with E-state index in [1.54, 1.807) is 6.08 Å². The summed E-state index contributed by atoms with van der Waals surface area (Å²) in [7, 11) is 0. The van der Waals surface area contributed by atoms with Crippen LogP contribution in [-0.2, 0) is 9.59 Å². The van der Waals surface area contributed by atoms with Gasteiger partial charge in [-0.2, -0.15) is 0 Å². The fraction of sp³-hybridized carbons (Fsp3) is 0.727. The predicted octanol–water partition coefficient (Wildman–Crippen LogP) is 2.38. The second kappa shape index (κ2) is 7.88. The van der Waals surface area contributed by atoms with Crippen molar-refractivity contribution >= 4 is 11.7 Å². The summed E-state index contributed by atoms with van der Waals surface area (Å²) in [5.41, 5.74) is -1.19. The molecular weight excluding hydrogens is 342 g/mol. The first-order chi connectivity index (χ1) is 12.8. The second-order valence-corrected chi connectivity index (χ2v) is 9.04. The number of Topliss-reactive ketones (excluding diaryl/α,β-unsaturated/α-hetero) is 1. The van der Waals surface area contributed by atoms with Gasteiger partial charge in [0.15, 0.2) is 5.78 Å². The van der Waals surface area contributed by atoms with Crippen LogP contribution in [0.3, 0.4) is 0 Å². The molecule has 3 N–H and O–H groups in total. The number of aliphatic hydroxyl groups is 2. The topological polar surface area (TPSA) is 86.6 Å². The molecule has 5 nitrogen and oxygen atoms in total. The molecule has 0 saturated carbocycles. The number of carbonyl (C=O) groups is 2. The van der Waals surface area contributed by atoms with E-state index in [4.69, 9.17) is 0 Å². The van der Waals surface area contributed by atoms with Gasteiger partial charge < -0.3 is 15.5 Å². The average Bonchev–Trinajstić information content (AvgIpc) is 2.86. The average molecular weight is 376 g/mol. The fourth-order valence-corrected chi connectivity index (χ4v) is 5.39. The van der Waals surface area contributed by atoms with E-state index in [1.807, 2.05) is 12.2 Å². The summed E-state index contributed by atoms with van der Waals surface area (Å²) in [5, 5.41) is 23.7. The normalized spacial score (nSPS) is 42.4. The highest BCUT2D eigenvalue weighted by molar-refractivity contribution is 6.09. The number of aliphatic hydroxyl groups excluding tert-OH is 2. The van der Waals surface area contributed by atoms with Gasteiger partial charge in [0.2, 0.25) is 5.91 Å². The maximum Gasteiger partial charge on any atom is 0.235 e. The number of rotatable bonds is 2. The van der Waals surface area contributed by atoms with Crippen molar-refractivity contribution in [2.45, 2.75) is 71.1 Å². The van der Waals surface area contributed by atoms with E-state index < -0.39 is 17.6 Å². The summed E-state index contributed by atoms with van der Waals surface area (Å²) in [4.78, 5) is 26.8. The van der Waals surface area contributed by atoms with E-state index in [0.717, 1.165) is 6.42 Å². The SMILES string of the molecule is CC(C)C[C@@H]1NC(=O)[C@@]23C(=O)C[C@@H](O)CCC[C@H](O)C=C[C@H]2C=C[C@@H](C)[C@@H]13. The number of allylic oxidation sites excluding steroid dienone is 3. The van der Waals surface area contributed by atoms with Crippen LogP contribution in [0.25, 0.3) is 0 Å². The molecule has 0 aromatic rings. The van der Waals surface area contributed by atoms with Crippen LogP contribution >= 0.6 is 0 Å². The summed E-state index contributed by atoms with van der Waals surface area (Å²) in [6.45, 7) is 6.31. The molecule has 1 heterocycles. The third-order valence-electron chi connectivity index (χ3n) is 6.55. The van der Waals surface area contributed by atoms with Gasteiger partial charge in [0, 0.05) is 24.3 Å². The van der Waals surface area contributed by atoms with Gasteiger partial charge >= 0.3 is 0 Å². The zero-order chi connectivity index (χ0) is 19.8. The van der Waals surface area contributed by atoms with Crippen LogP contribution in [0.15, 0.2) is 24.3 Å². The first-order valence-electron chi connectivity index (χ1n) is 10.3. The molecule has 2 aliphatic carbocycles. The highest BCUT2D eigenvalue weighted by Crippen LogP contribution is 2.53. The number of ketones is 1. The van der Waals surface area contributed by atoms with Crippen molar-refractivity contribution in [1.29, 1.82) is 0 Å². The van der Waals surface area contributed by atoms with E-state index in [9.17, 15) is 19.8 Å². The molecule has 3 rings (SSSR count). The van der Waals surface area contributed by atoms with Crippen LogP contribution in [-0.4, -0.2) is 40.2 Å². The molecule has 0 aromatic carbocycles. The van der Waals surface area contributed by atoms with Crippen LogP contribution in [0.4, 0.5) is 0 Å². The lowest BCUT2D eigenvalue weighted by Crippen LogP contribution is -2.52. The Hall–Kier alpha value is -1.46. The smallest absolute Gasteiger partial charge is 0.235 e. The number of hydrogen-bond donors (Lipinski definition) is 3. The van der Waals surface area contributed by atoms with Gasteiger partial charge in [0.25, 0.3) is 0 Å². The van der Waals surface area contributed by atoms with Gasteiger partial charge in [-0.25, -0.2) is 0 Å². The lowest BCUT2D eigenvalue weighted by molar-refractivity contribution is -0.146. The van der Waals surface area contributed by atoms with Crippen molar-refractivity contribution in [3.8, 4) is 0 Å². The van der Waals surface area contributed by atoms with Gasteiger partial charge in [-0.1, -0.05) is 45.1 Å². The van der Waals surface area contributed by atoms with Crippen molar-refractivity contribution in [3.63, 3.8) is 0 Å². The molecule has 7 atom stereocenters. The summed E-state index contributed by atoms with van der Waals surface area (Å²) in [5.74, 6) is -0.398. The Balaban J connectivity index is 2.09. The van der Waals surface area contributed by atoms with Gasteiger partial charge in [-0.05, 0) is 37.5 Å². The fourth-order valence-electron chi connectivity index (χ4n) is 5.39. The monoisotopic (exact) mass is 375 g/mol. The first-order valence-corrected chi connectivity index (χ1v) is 10.3. The number of nitrogens with one attached hydrogen (secondary N) is 1.